The monoisotopic (exact) mass is 349 g/mol. The molecule has 0 saturated carbocycles. The molecule has 1 aromatic heterocycles. The molecule has 1 aliphatic heterocycles. The molecular formula is C19H19N5O2. The third-order valence-electron chi connectivity index (χ3n) is 4.51. The number of hydrogen-bond acceptors (Lipinski definition) is 4. The number of para-hydroxylation sites is 2. The van der Waals surface area contributed by atoms with Crippen LogP contribution in [-0.4, -0.2) is 51.8 Å². The summed E-state index contributed by atoms with van der Waals surface area (Å²) in [6.45, 7) is 2.68. The normalized spacial score (nSPS) is 14.5. The number of anilines is 1. The van der Waals surface area contributed by atoms with Crippen molar-refractivity contribution in [2.24, 2.45) is 0 Å². The van der Waals surface area contributed by atoms with Crippen molar-refractivity contribution in [1.29, 1.82) is 0 Å². The van der Waals surface area contributed by atoms with Gasteiger partial charge in [-0.1, -0.05) is 36.4 Å². The van der Waals surface area contributed by atoms with Crippen molar-refractivity contribution in [3.8, 4) is 5.69 Å². The zero-order valence-corrected chi connectivity index (χ0v) is 14.2. The largest absolute Gasteiger partial charge is 0.368 e. The van der Waals surface area contributed by atoms with Gasteiger partial charge >= 0.3 is 5.69 Å². The summed E-state index contributed by atoms with van der Waals surface area (Å²) >= 11 is 0. The number of nitrogens with zero attached hydrogens (tertiary/aromatic N) is 4. The summed E-state index contributed by atoms with van der Waals surface area (Å²) in [7, 11) is 0. The molecular weight excluding hydrogens is 330 g/mol. The van der Waals surface area contributed by atoms with E-state index in [0.29, 0.717) is 18.8 Å². The highest BCUT2D eigenvalue weighted by Gasteiger charge is 2.25. The van der Waals surface area contributed by atoms with Gasteiger partial charge < -0.3 is 9.80 Å². The van der Waals surface area contributed by atoms with Crippen LogP contribution in [0.5, 0.6) is 0 Å². The number of amides is 1. The number of hydrogen-bond donors (Lipinski definition) is 1. The number of benzene rings is 2. The summed E-state index contributed by atoms with van der Waals surface area (Å²) < 4.78 is 1.22. The molecule has 1 N–H and O–H groups in total. The maximum absolute atomic E-state index is 12.7. The Morgan fingerprint density at radius 2 is 1.42 bits per heavy atom. The Morgan fingerprint density at radius 1 is 0.846 bits per heavy atom. The third-order valence-corrected chi connectivity index (χ3v) is 4.51. The second kappa shape index (κ2) is 6.87. The Labute approximate surface area is 150 Å². The van der Waals surface area contributed by atoms with Gasteiger partial charge in [0.25, 0.3) is 5.91 Å². The summed E-state index contributed by atoms with van der Waals surface area (Å²) in [5.41, 5.74) is 1.37. The summed E-state index contributed by atoms with van der Waals surface area (Å²) in [4.78, 5) is 31.4. The molecule has 7 nitrogen and oxygen atoms in total. The zero-order valence-electron chi connectivity index (χ0n) is 14.2. The van der Waals surface area contributed by atoms with E-state index in [9.17, 15) is 9.59 Å². The van der Waals surface area contributed by atoms with Crippen molar-refractivity contribution in [2.45, 2.75) is 0 Å². The van der Waals surface area contributed by atoms with Crippen LogP contribution in [0.4, 0.5) is 5.69 Å². The van der Waals surface area contributed by atoms with Gasteiger partial charge in [0.05, 0.1) is 5.69 Å². The van der Waals surface area contributed by atoms with E-state index in [1.807, 2.05) is 36.4 Å². The maximum atomic E-state index is 12.7. The standard InChI is InChI=1S/C19H19N5O2/c25-18(17-20-19(26)24(21-17)16-9-5-2-6-10-16)23-13-11-22(12-14-23)15-7-3-1-4-8-15/h1-10H,11-14H2,(H,20,21,26). The number of rotatable bonds is 3. The Bertz CT molecular complexity index is 941. The first-order valence-electron chi connectivity index (χ1n) is 8.56. The maximum Gasteiger partial charge on any atom is 0.348 e. The van der Waals surface area contributed by atoms with Crippen molar-refractivity contribution < 1.29 is 4.79 Å². The minimum absolute atomic E-state index is 0.0759. The second-order valence-electron chi connectivity index (χ2n) is 6.14. The summed E-state index contributed by atoms with van der Waals surface area (Å²) in [5, 5.41) is 4.18. The third kappa shape index (κ3) is 3.11. The highest BCUT2D eigenvalue weighted by Crippen LogP contribution is 2.16. The van der Waals surface area contributed by atoms with E-state index in [0.717, 1.165) is 18.8 Å². The predicted octanol–water partition coefficient (Wildman–Crippen LogP) is 1.52. The Morgan fingerprint density at radius 3 is 2.04 bits per heavy atom. The Balaban J connectivity index is 1.47. The highest BCUT2D eigenvalue weighted by atomic mass is 16.2. The van der Waals surface area contributed by atoms with E-state index in [1.165, 1.54) is 4.68 Å². The van der Waals surface area contributed by atoms with Gasteiger partial charge in [-0.3, -0.25) is 9.78 Å². The van der Waals surface area contributed by atoms with Gasteiger partial charge in [-0.15, -0.1) is 5.10 Å². The highest BCUT2D eigenvalue weighted by molar-refractivity contribution is 5.90. The number of nitrogens with one attached hydrogen (secondary N) is 1. The predicted molar refractivity (Wildman–Crippen MR) is 98.7 cm³/mol. The molecule has 0 atom stereocenters. The van der Waals surface area contributed by atoms with Crippen molar-refractivity contribution >= 4 is 11.6 Å². The summed E-state index contributed by atoms with van der Waals surface area (Å²) in [6.07, 6.45) is 0. The Kier molecular flexibility index (Phi) is 4.27. The molecule has 1 fully saturated rings. The van der Waals surface area contributed by atoms with Gasteiger partial charge in [0, 0.05) is 31.9 Å². The molecule has 2 aromatic carbocycles. The first kappa shape index (κ1) is 16.1. The number of aromatic nitrogens is 3. The molecule has 4 rings (SSSR count). The molecule has 1 saturated heterocycles. The van der Waals surface area contributed by atoms with Crippen LogP contribution in [-0.2, 0) is 0 Å². The SMILES string of the molecule is O=C(c1nn(-c2ccccc2)c(=O)[nH]1)N1CCN(c2ccccc2)CC1. The van der Waals surface area contributed by atoms with Crippen LogP contribution in [0.15, 0.2) is 65.5 Å². The number of carbonyl (C=O) groups is 1. The molecule has 2 heterocycles. The number of H-pyrrole nitrogens is 1. The van der Waals surface area contributed by atoms with Gasteiger partial charge in [-0.2, -0.15) is 4.68 Å². The number of piperazine rings is 1. The fourth-order valence-electron chi connectivity index (χ4n) is 3.12. The van der Waals surface area contributed by atoms with Crippen molar-refractivity contribution in [3.63, 3.8) is 0 Å². The fraction of sp³-hybridized carbons (Fsp3) is 0.211. The lowest BCUT2D eigenvalue weighted by Crippen LogP contribution is -2.49. The lowest BCUT2D eigenvalue weighted by atomic mass is 10.2. The summed E-state index contributed by atoms with van der Waals surface area (Å²) in [5.74, 6) is -0.170. The van der Waals surface area contributed by atoms with Crippen LogP contribution in [0.2, 0.25) is 0 Å². The topological polar surface area (TPSA) is 74.2 Å². The van der Waals surface area contributed by atoms with E-state index < -0.39 is 5.69 Å². The lowest BCUT2D eigenvalue weighted by molar-refractivity contribution is 0.0734. The van der Waals surface area contributed by atoms with Gasteiger partial charge in [-0.05, 0) is 24.3 Å². The molecule has 1 amide bonds. The smallest absolute Gasteiger partial charge is 0.348 e. The molecule has 0 bridgehead atoms. The molecule has 26 heavy (non-hydrogen) atoms. The van der Waals surface area contributed by atoms with E-state index >= 15 is 0 Å². The van der Waals surface area contributed by atoms with E-state index in [2.05, 4.69) is 27.1 Å². The van der Waals surface area contributed by atoms with Crippen LogP contribution < -0.4 is 10.6 Å². The molecule has 132 valence electrons. The van der Waals surface area contributed by atoms with Crippen LogP contribution in [0.25, 0.3) is 5.69 Å². The fourth-order valence-corrected chi connectivity index (χ4v) is 3.12. The van der Waals surface area contributed by atoms with E-state index in [4.69, 9.17) is 0 Å². The number of aromatic amines is 1. The van der Waals surface area contributed by atoms with Crippen molar-refractivity contribution in [1.82, 2.24) is 19.7 Å². The second-order valence-corrected chi connectivity index (χ2v) is 6.14. The van der Waals surface area contributed by atoms with Crippen LogP contribution >= 0.6 is 0 Å². The molecule has 0 unspecified atom stereocenters. The Hall–Kier alpha value is -3.35. The first-order chi connectivity index (χ1) is 12.7. The molecule has 0 radical (unpaired) electrons. The lowest BCUT2D eigenvalue weighted by Gasteiger charge is -2.35. The first-order valence-corrected chi connectivity index (χ1v) is 8.56. The van der Waals surface area contributed by atoms with Crippen LogP contribution in [0, 0.1) is 0 Å². The summed E-state index contributed by atoms with van der Waals surface area (Å²) in [6, 6.07) is 19.2. The quantitative estimate of drug-likeness (QED) is 0.778. The molecule has 3 aromatic rings. The van der Waals surface area contributed by atoms with Crippen LogP contribution in [0.3, 0.4) is 0 Å². The van der Waals surface area contributed by atoms with Crippen molar-refractivity contribution in [2.75, 3.05) is 31.1 Å². The zero-order chi connectivity index (χ0) is 17.9. The molecule has 0 aliphatic carbocycles. The molecule has 0 spiro atoms. The average Bonchev–Trinajstić information content (AvgIpc) is 3.10. The van der Waals surface area contributed by atoms with Crippen LogP contribution in [0.1, 0.15) is 10.6 Å². The minimum atomic E-state index is -0.414. The number of carbonyl (C=O) groups excluding carboxylic acids is 1. The van der Waals surface area contributed by atoms with E-state index in [-0.39, 0.29) is 11.7 Å². The van der Waals surface area contributed by atoms with Gasteiger partial charge in [0.15, 0.2) is 0 Å². The minimum Gasteiger partial charge on any atom is -0.368 e. The molecule has 7 heteroatoms. The molecule has 1 aliphatic rings. The van der Waals surface area contributed by atoms with Crippen molar-refractivity contribution in [3.05, 3.63) is 77.0 Å². The van der Waals surface area contributed by atoms with Gasteiger partial charge in [0.2, 0.25) is 5.82 Å². The van der Waals surface area contributed by atoms with Gasteiger partial charge in [0.1, 0.15) is 0 Å². The van der Waals surface area contributed by atoms with Gasteiger partial charge in [-0.25, -0.2) is 4.79 Å². The van der Waals surface area contributed by atoms with E-state index in [1.54, 1.807) is 17.0 Å². The average molecular weight is 349 g/mol.